The summed E-state index contributed by atoms with van der Waals surface area (Å²) in [5.41, 5.74) is 0. The highest BCUT2D eigenvalue weighted by Crippen LogP contribution is 2.46. The SMILES string of the molecule is CCCC(C)NC(=O)[C@@H]1[C@H]2C=C[C@@H](CCC)[C@@H](C(=O)OCC)[C@@H]2C(=O)N1[C@H](C)CO. The van der Waals surface area contributed by atoms with E-state index in [1.807, 2.05) is 26.0 Å². The molecule has 7 nitrogen and oxygen atoms in total. The van der Waals surface area contributed by atoms with E-state index in [2.05, 4.69) is 12.2 Å². The van der Waals surface area contributed by atoms with E-state index in [0.29, 0.717) is 0 Å². The third-order valence-electron chi connectivity index (χ3n) is 6.35. The van der Waals surface area contributed by atoms with E-state index < -0.39 is 29.8 Å². The minimum absolute atomic E-state index is 0.0100. The number of hydrogen-bond donors (Lipinski definition) is 2. The van der Waals surface area contributed by atoms with Gasteiger partial charge in [0.1, 0.15) is 6.04 Å². The number of allylic oxidation sites excluding steroid dienone is 1. The lowest BCUT2D eigenvalue weighted by atomic mass is 9.68. The molecule has 1 aliphatic heterocycles. The smallest absolute Gasteiger partial charge is 0.310 e. The molecular formula is C23H38N2O5. The molecule has 2 amide bonds. The molecule has 2 aliphatic rings. The van der Waals surface area contributed by atoms with Crippen LogP contribution in [0.2, 0.25) is 0 Å². The summed E-state index contributed by atoms with van der Waals surface area (Å²) >= 11 is 0. The summed E-state index contributed by atoms with van der Waals surface area (Å²) in [6, 6.07) is -1.26. The predicted octanol–water partition coefficient (Wildman–Crippen LogP) is 2.28. The molecular weight excluding hydrogens is 384 g/mol. The topological polar surface area (TPSA) is 95.9 Å². The van der Waals surface area contributed by atoms with Crippen molar-refractivity contribution in [3.8, 4) is 0 Å². The molecule has 1 heterocycles. The molecule has 1 aliphatic carbocycles. The van der Waals surface area contributed by atoms with E-state index in [1.54, 1.807) is 13.8 Å². The molecule has 0 saturated carbocycles. The van der Waals surface area contributed by atoms with Gasteiger partial charge in [0, 0.05) is 12.0 Å². The van der Waals surface area contributed by atoms with Crippen LogP contribution >= 0.6 is 0 Å². The van der Waals surface area contributed by atoms with Crippen molar-refractivity contribution >= 4 is 17.8 Å². The van der Waals surface area contributed by atoms with Crippen molar-refractivity contribution in [3.63, 3.8) is 0 Å². The van der Waals surface area contributed by atoms with E-state index in [1.165, 1.54) is 4.90 Å². The Bertz CT molecular complexity index is 650. The summed E-state index contributed by atoms with van der Waals surface area (Å²) in [5, 5.41) is 12.8. The van der Waals surface area contributed by atoms with Crippen LogP contribution in [0.5, 0.6) is 0 Å². The maximum atomic E-state index is 13.5. The largest absolute Gasteiger partial charge is 0.466 e. The zero-order valence-corrected chi connectivity index (χ0v) is 19.0. The number of amides is 2. The van der Waals surface area contributed by atoms with Crippen LogP contribution in [0.1, 0.15) is 60.3 Å². The van der Waals surface area contributed by atoms with E-state index >= 15 is 0 Å². The van der Waals surface area contributed by atoms with Crippen LogP contribution in [0.15, 0.2) is 12.2 Å². The number of nitrogens with zero attached hydrogens (tertiary/aromatic N) is 1. The maximum Gasteiger partial charge on any atom is 0.310 e. The number of fused-ring (bicyclic) bond motifs is 1. The van der Waals surface area contributed by atoms with Gasteiger partial charge in [-0.05, 0) is 39.5 Å². The number of nitrogens with one attached hydrogen (secondary N) is 1. The van der Waals surface area contributed by atoms with Gasteiger partial charge in [0.05, 0.1) is 31.1 Å². The van der Waals surface area contributed by atoms with Crippen molar-refractivity contribution in [3.05, 3.63) is 12.2 Å². The van der Waals surface area contributed by atoms with Crippen molar-refractivity contribution in [2.75, 3.05) is 13.2 Å². The molecule has 0 radical (unpaired) electrons. The Morgan fingerprint density at radius 1 is 1.20 bits per heavy atom. The number of aliphatic hydroxyl groups is 1. The lowest BCUT2D eigenvalue weighted by molar-refractivity contribution is -0.156. The zero-order valence-electron chi connectivity index (χ0n) is 19.0. The second-order valence-corrected chi connectivity index (χ2v) is 8.64. The number of aliphatic hydroxyl groups excluding tert-OH is 1. The predicted molar refractivity (Wildman–Crippen MR) is 114 cm³/mol. The molecule has 30 heavy (non-hydrogen) atoms. The standard InChI is InChI=1S/C23H38N2O5/c1-6-9-14(4)24-21(27)20-17-12-11-16(10-7-2)18(23(29)30-8-3)19(17)22(28)25(20)15(5)13-26/h11-12,14-20,26H,6-10,13H2,1-5H3,(H,24,27)/t14?,15-,16-,17+,18-,19-,20+/m1/s1. The van der Waals surface area contributed by atoms with Crippen LogP contribution in [0.4, 0.5) is 0 Å². The second kappa shape index (κ2) is 10.9. The summed E-state index contributed by atoms with van der Waals surface area (Å²) in [6.45, 7) is 9.54. The molecule has 1 saturated heterocycles. The van der Waals surface area contributed by atoms with Gasteiger partial charge in [0.25, 0.3) is 0 Å². The third kappa shape index (κ3) is 4.88. The average Bonchev–Trinajstić information content (AvgIpc) is 3.00. The first-order valence-corrected chi connectivity index (χ1v) is 11.4. The van der Waals surface area contributed by atoms with Crippen LogP contribution in [-0.2, 0) is 19.1 Å². The van der Waals surface area contributed by atoms with Gasteiger partial charge < -0.3 is 20.1 Å². The summed E-state index contributed by atoms with van der Waals surface area (Å²) in [6.07, 6.45) is 7.37. The zero-order chi connectivity index (χ0) is 22.4. The Kier molecular flexibility index (Phi) is 8.89. The van der Waals surface area contributed by atoms with Gasteiger partial charge in [-0.2, -0.15) is 0 Å². The molecule has 7 heteroatoms. The monoisotopic (exact) mass is 422 g/mol. The highest BCUT2D eigenvalue weighted by molar-refractivity contribution is 5.96. The van der Waals surface area contributed by atoms with E-state index in [-0.39, 0.29) is 43.0 Å². The summed E-state index contributed by atoms with van der Waals surface area (Å²) in [5.74, 6) is -2.59. The van der Waals surface area contributed by atoms with Gasteiger partial charge in [0.2, 0.25) is 11.8 Å². The third-order valence-corrected chi connectivity index (χ3v) is 6.35. The molecule has 0 bridgehead atoms. The number of likely N-dealkylation sites (tertiary alicyclic amines) is 1. The summed E-state index contributed by atoms with van der Waals surface area (Å²) in [4.78, 5) is 41.1. The molecule has 0 aromatic carbocycles. The fourth-order valence-electron chi connectivity index (χ4n) is 5.01. The van der Waals surface area contributed by atoms with Crippen molar-refractivity contribution in [2.45, 2.75) is 78.4 Å². The first-order chi connectivity index (χ1) is 14.3. The highest BCUT2D eigenvalue weighted by Gasteiger charge is 2.58. The molecule has 0 aromatic heterocycles. The first kappa shape index (κ1) is 24.4. The number of ether oxygens (including phenoxy) is 1. The number of esters is 1. The van der Waals surface area contributed by atoms with Gasteiger partial charge >= 0.3 is 5.97 Å². The molecule has 2 rings (SSSR count). The molecule has 0 spiro atoms. The Morgan fingerprint density at radius 3 is 2.47 bits per heavy atom. The van der Waals surface area contributed by atoms with Crippen molar-refractivity contribution in [2.24, 2.45) is 23.7 Å². The number of carbonyl (C=O) groups is 3. The first-order valence-electron chi connectivity index (χ1n) is 11.4. The molecule has 170 valence electrons. The minimum atomic E-state index is -0.736. The molecule has 7 atom stereocenters. The van der Waals surface area contributed by atoms with Gasteiger partial charge in [-0.3, -0.25) is 14.4 Å². The lowest BCUT2D eigenvalue weighted by Gasteiger charge is -2.34. The molecule has 2 N–H and O–H groups in total. The fraction of sp³-hybridized carbons (Fsp3) is 0.783. The number of rotatable bonds is 10. The van der Waals surface area contributed by atoms with Crippen molar-refractivity contribution < 1.29 is 24.2 Å². The van der Waals surface area contributed by atoms with E-state index in [0.717, 1.165) is 25.7 Å². The number of hydrogen-bond acceptors (Lipinski definition) is 5. The van der Waals surface area contributed by atoms with Crippen LogP contribution in [0.3, 0.4) is 0 Å². The van der Waals surface area contributed by atoms with E-state index in [9.17, 15) is 19.5 Å². The second-order valence-electron chi connectivity index (χ2n) is 8.64. The van der Waals surface area contributed by atoms with Crippen LogP contribution in [0, 0.1) is 23.7 Å². The molecule has 1 fully saturated rings. The molecule has 1 unspecified atom stereocenters. The quantitative estimate of drug-likeness (QED) is 0.416. The highest BCUT2D eigenvalue weighted by atomic mass is 16.5. The maximum absolute atomic E-state index is 13.5. The Morgan fingerprint density at radius 2 is 1.90 bits per heavy atom. The Hall–Kier alpha value is -1.89. The van der Waals surface area contributed by atoms with Crippen molar-refractivity contribution in [1.29, 1.82) is 0 Å². The van der Waals surface area contributed by atoms with Gasteiger partial charge in [-0.1, -0.05) is 38.8 Å². The summed E-state index contributed by atoms with van der Waals surface area (Å²) in [7, 11) is 0. The minimum Gasteiger partial charge on any atom is -0.466 e. The van der Waals surface area contributed by atoms with Gasteiger partial charge in [0.15, 0.2) is 0 Å². The normalized spacial score (nSPS) is 30.0. The van der Waals surface area contributed by atoms with Crippen LogP contribution in [0.25, 0.3) is 0 Å². The Labute approximate surface area is 180 Å². The average molecular weight is 423 g/mol. The van der Waals surface area contributed by atoms with E-state index in [4.69, 9.17) is 4.74 Å². The molecule has 0 aromatic rings. The van der Waals surface area contributed by atoms with Crippen LogP contribution in [-0.4, -0.2) is 59.1 Å². The number of carbonyl (C=O) groups excluding carboxylic acids is 3. The lowest BCUT2D eigenvalue weighted by Crippen LogP contribution is -2.52. The van der Waals surface area contributed by atoms with Gasteiger partial charge in [-0.15, -0.1) is 0 Å². The van der Waals surface area contributed by atoms with Crippen molar-refractivity contribution in [1.82, 2.24) is 10.2 Å². The summed E-state index contributed by atoms with van der Waals surface area (Å²) < 4.78 is 5.34. The fourth-order valence-corrected chi connectivity index (χ4v) is 5.01. The van der Waals surface area contributed by atoms with Crippen LogP contribution < -0.4 is 5.32 Å². The van der Waals surface area contributed by atoms with Gasteiger partial charge in [-0.25, -0.2) is 0 Å². The Balaban J connectivity index is 2.44.